The molecule has 49 heavy (non-hydrogen) atoms. The molecule has 0 saturated carbocycles. The van der Waals surface area contributed by atoms with Gasteiger partial charge in [0, 0.05) is 93.7 Å². The zero-order chi connectivity index (χ0) is 33.5. The summed E-state index contributed by atoms with van der Waals surface area (Å²) in [5.74, 6) is 0.835. The number of pyridine rings is 2. The molecule has 0 spiro atoms. The van der Waals surface area contributed by atoms with Gasteiger partial charge in [-0.2, -0.15) is 5.11 Å². The fourth-order valence-electron chi connectivity index (χ4n) is 5.27. The van der Waals surface area contributed by atoms with Gasteiger partial charge in [-0.05, 0) is 90.0 Å². The summed E-state index contributed by atoms with van der Waals surface area (Å²) < 4.78 is 8.42. The van der Waals surface area contributed by atoms with Gasteiger partial charge in [-0.3, -0.25) is 0 Å². The van der Waals surface area contributed by atoms with E-state index >= 15 is 0 Å². The van der Waals surface area contributed by atoms with E-state index in [2.05, 4.69) is 74.6 Å². The number of azo groups is 2. The molecule has 6 rings (SSSR count). The van der Waals surface area contributed by atoms with Gasteiger partial charge in [0.1, 0.15) is 17.9 Å². The molecule has 0 radical (unpaired) electrons. The lowest BCUT2D eigenvalue weighted by Gasteiger charge is -2.13. The van der Waals surface area contributed by atoms with Gasteiger partial charge >= 0.3 is 5.82 Å². The van der Waals surface area contributed by atoms with Crippen molar-refractivity contribution in [2.75, 3.05) is 20.1 Å². The topological polar surface area (TPSA) is 82.3 Å². The number of rotatable bonds is 16. The Morgan fingerprint density at radius 1 is 0.633 bits per heavy atom. The Labute approximate surface area is 287 Å². The SMILES string of the molecule is CN(/C=C\NCCC[n+]1cccc(N=Nc2ccc(-n3cccc3)cc2)c1)CCC[n+]1ccccc1N=Nc1ccc(-n2cccc2)cc1. The maximum Gasteiger partial charge on any atom is 0.350 e. The first-order valence-corrected chi connectivity index (χ1v) is 16.6. The van der Waals surface area contributed by atoms with Gasteiger partial charge < -0.3 is 19.4 Å². The molecule has 0 fully saturated rings. The highest BCUT2D eigenvalue weighted by Gasteiger charge is 2.09. The first kappa shape index (κ1) is 32.8. The van der Waals surface area contributed by atoms with E-state index in [1.165, 1.54) is 0 Å². The summed E-state index contributed by atoms with van der Waals surface area (Å²) in [6.45, 7) is 3.54. The van der Waals surface area contributed by atoms with Crippen LogP contribution in [0.1, 0.15) is 12.8 Å². The van der Waals surface area contributed by atoms with Crippen molar-refractivity contribution in [1.82, 2.24) is 19.4 Å². The summed E-state index contributed by atoms with van der Waals surface area (Å²) >= 11 is 0. The van der Waals surface area contributed by atoms with Crippen molar-refractivity contribution >= 4 is 22.9 Å². The Hall–Kier alpha value is -6.16. The van der Waals surface area contributed by atoms with E-state index in [1.807, 2.05) is 140 Å². The second-order valence-electron chi connectivity index (χ2n) is 11.6. The van der Waals surface area contributed by atoms with Crippen LogP contribution in [0.25, 0.3) is 11.4 Å². The van der Waals surface area contributed by atoms with Crippen LogP contribution < -0.4 is 14.5 Å². The molecule has 4 aromatic heterocycles. The summed E-state index contributed by atoms with van der Waals surface area (Å²) in [6, 6.07) is 34.1. The smallest absolute Gasteiger partial charge is 0.350 e. The standard InChI is InChI=1S/C39H42N10/c1-45(23-10-31-49-30-3-2-12-39(49)44-42-35-15-19-38(20-16-35)48-28-6-7-29-48)32-22-40-21-9-25-46-24-8-11-36(33-46)43-41-34-13-17-37(18-14-34)47-26-4-5-27-47/h2-8,11-20,22,24,26-30,32-33,40H,9-10,21,23,25,31H2,1H3/q+2/b32-22-,43-41?. The predicted octanol–water partition coefficient (Wildman–Crippen LogP) is 8.15. The number of nitrogens with zero attached hydrogens (tertiary/aromatic N) is 9. The molecular weight excluding hydrogens is 608 g/mol. The molecule has 10 heteroatoms. The van der Waals surface area contributed by atoms with Gasteiger partial charge in [-0.25, -0.2) is 9.13 Å². The lowest BCUT2D eigenvalue weighted by molar-refractivity contribution is -0.696. The Kier molecular flexibility index (Phi) is 11.5. The van der Waals surface area contributed by atoms with Gasteiger partial charge in [-0.15, -0.1) is 5.11 Å². The number of hydrogen-bond donors (Lipinski definition) is 1. The van der Waals surface area contributed by atoms with Crippen LogP contribution >= 0.6 is 0 Å². The lowest BCUT2D eigenvalue weighted by atomic mass is 10.3. The average molecular weight is 651 g/mol. The zero-order valence-electron chi connectivity index (χ0n) is 27.8. The normalized spacial score (nSPS) is 11.6. The molecule has 4 heterocycles. The molecule has 0 unspecified atom stereocenters. The number of aryl methyl sites for hydroxylation is 2. The van der Waals surface area contributed by atoms with Gasteiger partial charge in [0.25, 0.3) is 0 Å². The molecule has 246 valence electrons. The van der Waals surface area contributed by atoms with E-state index in [-0.39, 0.29) is 0 Å². The van der Waals surface area contributed by atoms with Crippen LogP contribution in [-0.4, -0.2) is 34.2 Å². The second kappa shape index (κ2) is 17.1. The fourth-order valence-corrected chi connectivity index (χ4v) is 5.27. The van der Waals surface area contributed by atoms with Crippen LogP contribution in [0.4, 0.5) is 22.9 Å². The third-order valence-electron chi connectivity index (χ3n) is 7.91. The molecule has 10 nitrogen and oxygen atoms in total. The zero-order valence-corrected chi connectivity index (χ0v) is 27.8. The Balaban J connectivity index is 0.885. The largest absolute Gasteiger partial charge is 0.389 e. The quantitative estimate of drug-likeness (QED) is 0.0652. The highest BCUT2D eigenvalue weighted by Crippen LogP contribution is 2.20. The predicted molar refractivity (Wildman–Crippen MR) is 192 cm³/mol. The summed E-state index contributed by atoms with van der Waals surface area (Å²) in [5.41, 5.74) is 4.67. The van der Waals surface area contributed by atoms with E-state index in [0.717, 1.165) is 73.3 Å². The Morgan fingerprint density at radius 2 is 1.27 bits per heavy atom. The number of nitrogens with one attached hydrogen (secondary N) is 1. The third kappa shape index (κ3) is 9.92. The van der Waals surface area contributed by atoms with Crippen LogP contribution in [0.5, 0.6) is 0 Å². The third-order valence-corrected chi connectivity index (χ3v) is 7.91. The minimum absolute atomic E-state index is 0.823. The lowest BCUT2D eigenvalue weighted by Crippen LogP contribution is -2.34. The number of benzene rings is 2. The van der Waals surface area contributed by atoms with Crippen molar-refractivity contribution in [1.29, 1.82) is 0 Å². The van der Waals surface area contributed by atoms with Gasteiger partial charge in [0.05, 0.1) is 23.5 Å². The first-order valence-electron chi connectivity index (χ1n) is 16.6. The molecular formula is C39H42N10+2. The molecule has 6 aromatic rings. The highest BCUT2D eigenvalue weighted by molar-refractivity contribution is 5.46. The van der Waals surface area contributed by atoms with Crippen LogP contribution in [0.3, 0.4) is 0 Å². The maximum atomic E-state index is 4.53. The van der Waals surface area contributed by atoms with E-state index in [4.69, 9.17) is 0 Å². The van der Waals surface area contributed by atoms with Crippen molar-refractivity contribution in [3.63, 3.8) is 0 Å². The van der Waals surface area contributed by atoms with Crippen LogP contribution in [0.15, 0.2) is 179 Å². The molecule has 0 aliphatic heterocycles. The number of aromatic nitrogens is 4. The monoisotopic (exact) mass is 650 g/mol. The van der Waals surface area contributed by atoms with Crippen molar-refractivity contribution in [3.05, 3.63) is 159 Å². The van der Waals surface area contributed by atoms with Crippen LogP contribution in [-0.2, 0) is 13.1 Å². The number of hydrogen-bond acceptors (Lipinski definition) is 6. The molecule has 0 amide bonds. The highest BCUT2D eigenvalue weighted by atomic mass is 15.2. The van der Waals surface area contributed by atoms with E-state index < -0.39 is 0 Å². The Morgan fingerprint density at radius 3 is 1.94 bits per heavy atom. The maximum absolute atomic E-state index is 4.53. The molecule has 0 bridgehead atoms. The van der Waals surface area contributed by atoms with Gasteiger partial charge in [0.15, 0.2) is 12.4 Å². The molecule has 0 saturated heterocycles. The molecule has 0 atom stereocenters. The molecule has 1 N–H and O–H groups in total. The Bertz CT molecular complexity index is 1940. The second-order valence-corrected chi connectivity index (χ2v) is 11.6. The minimum Gasteiger partial charge on any atom is -0.389 e. The van der Waals surface area contributed by atoms with Crippen molar-refractivity contribution in [2.45, 2.75) is 25.9 Å². The van der Waals surface area contributed by atoms with Crippen LogP contribution in [0, 0.1) is 0 Å². The van der Waals surface area contributed by atoms with Gasteiger partial charge in [0.2, 0.25) is 0 Å². The minimum atomic E-state index is 0.823. The van der Waals surface area contributed by atoms with Crippen LogP contribution in [0.2, 0.25) is 0 Å². The van der Waals surface area contributed by atoms with E-state index in [0.29, 0.717) is 0 Å². The fraction of sp³-hybridized carbons (Fsp3) is 0.179. The molecule has 0 aliphatic rings. The van der Waals surface area contributed by atoms with Crippen molar-refractivity contribution in [2.24, 2.45) is 20.5 Å². The summed E-state index contributed by atoms with van der Waals surface area (Å²) in [4.78, 5) is 2.20. The van der Waals surface area contributed by atoms with E-state index in [1.54, 1.807) is 0 Å². The van der Waals surface area contributed by atoms with E-state index in [9.17, 15) is 0 Å². The molecule has 2 aromatic carbocycles. The summed E-state index contributed by atoms with van der Waals surface area (Å²) in [5, 5.41) is 21.3. The van der Waals surface area contributed by atoms with Crippen molar-refractivity contribution < 1.29 is 9.13 Å². The van der Waals surface area contributed by atoms with Crippen molar-refractivity contribution in [3.8, 4) is 11.4 Å². The average Bonchev–Trinajstić information content (AvgIpc) is 3.89. The first-order chi connectivity index (χ1) is 24.2. The molecule has 0 aliphatic carbocycles. The summed E-state index contributed by atoms with van der Waals surface area (Å²) in [7, 11) is 2.10. The summed E-state index contributed by atoms with van der Waals surface area (Å²) in [6.07, 6.45) is 20.3. The van der Waals surface area contributed by atoms with Gasteiger partial charge in [-0.1, -0.05) is 6.07 Å².